The zero-order valence-electron chi connectivity index (χ0n) is 14.5. The second-order valence-corrected chi connectivity index (χ2v) is 6.16. The van der Waals surface area contributed by atoms with E-state index in [0.717, 1.165) is 27.6 Å². The Morgan fingerprint density at radius 2 is 1.74 bits per heavy atom. The van der Waals surface area contributed by atoms with E-state index in [2.05, 4.69) is 39.6 Å². The molecular weight excluding hydrogens is 336 g/mol. The van der Waals surface area contributed by atoms with Crippen molar-refractivity contribution >= 4 is 40.1 Å². The third kappa shape index (κ3) is 3.28. The Balaban J connectivity index is 1.82. The molecule has 4 rings (SSSR count). The van der Waals surface area contributed by atoms with Crippen molar-refractivity contribution in [1.82, 2.24) is 9.97 Å². The highest BCUT2D eigenvalue weighted by Crippen LogP contribution is 2.34. The van der Waals surface area contributed by atoms with Crippen molar-refractivity contribution in [2.45, 2.75) is 0 Å². The molecule has 0 amide bonds. The van der Waals surface area contributed by atoms with Crippen LogP contribution in [0.4, 0.5) is 23.1 Å². The van der Waals surface area contributed by atoms with Crippen LogP contribution in [0, 0.1) is 5.41 Å². The molecule has 0 saturated carbocycles. The summed E-state index contributed by atoms with van der Waals surface area (Å²) in [6, 6.07) is 19.9. The summed E-state index contributed by atoms with van der Waals surface area (Å²) in [5.74, 6) is 0.769. The zero-order chi connectivity index (χ0) is 18.8. The highest BCUT2D eigenvalue weighted by atomic mass is 15.1. The van der Waals surface area contributed by atoms with E-state index >= 15 is 0 Å². The first kappa shape index (κ1) is 16.5. The number of nitrogens with one attached hydrogen (secondary N) is 2. The minimum atomic E-state index is 0.192. The van der Waals surface area contributed by atoms with Gasteiger partial charge in [-0.05, 0) is 40.6 Å². The van der Waals surface area contributed by atoms with Crippen molar-refractivity contribution in [3.63, 3.8) is 0 Å². The summed E-state index contributed by atoms with van der Waals surface area (Å²) in [7, 11) is 0. The number of benzene rings is 3. The van der Waals surface area contributed by atoms with Gasteiger partial charge in [-0.1, -0.05) is 36.4 Å². The SMILES string of the molecule is N=Cc1cc(Nc2ccnc(N)n2)cc(-c2ccc3ccccc3c2)c1N. The van der Waals surface area contributed by atoms with Crippen LogP contribution < -0.4 is 16.8 Å². The normalized spacial score (nSPS) is 10.7. The number of fused-ring (bicyclic) bond motifs is 1. The Hall–Kier alpha value is -3.93. The van der Waals surface area contributed by atoms with Crippen molar-refractivity contribution < 1.29 is 0 Å². The number of rotatable bonds is 4. The molecule has 0 unspecified atom stereocenters. The lowest BCUT2D eigenvalue weighted by atomic mass is 9.97. The zero-order valence-corrected chi connectivity index (χ0v) is 14.5. The van der Waals surface area contributed by atoms with Crippen LogP contribution in [0.2, 0.25) is 0 Å². The van der Waals surface area contributed by atoms with Gasteiger partial charge in [0.1, 0.15) is 5.82 Å². The molecule has 0 spiro atoms. The predicted octanol–water partition coefficient (Wildman–Crippen LogP) is 4.20. The maximum atomic E-state index is 7.71. The maximum absolute atomic E-state index is 7.71. The number of nitrogen functional groups attached to an aromatic ring is 2. The molecule has 6 N–H and O–H groups in total. The van der Waals surface area contributed by atoms with Crippen molar-refractivity contribution in [3.05, 3.63) is 72.4 Å². The second kappa shape index (κ2) is 6.76. The molecule has 4 aromatic rings. The molecule has 0 aliphatic rings. The number of anilines is 4. The average molecular weight is 354 g/mol. The van der Waals surface area contributed by atoms with Gasteiger partial charge in [-0.25, -0.2) is 4.98 Å². The fourth-order valence-electron chi connectivity index (χ4n) is 3.05. The minimum Gasteiger partial charge on any atom is -0.398 e. The highest BCUT2D eigenvalue weighted by molar-refractivity contribution is 5.97. The Bertz CT molecular complexity index is 1150. The van der Waals surface area contributed by atoms with E-state index in [9.17, 15) is 0 Å². The molecule has 27 heavy (non-hydrogen) atoms. The summed E-state index contributed by atoms with van der Waals surface area (Å²) in [5, 5.41) is 13.2. The van der Waals surface area contributed by atoms with Crippen LogP contribution in [0.15, 0.2) is 66.9 Å². The minimum absolute atomic E-state index is 0.192. The second-order valence-electron chi connectivity index (χ2n) is 6.16. The molecule has 0 atom stereocenters. The van der Waals surface area contributed by atoms with Gasteiger partial charge in [0.25, 0.3) is 0 Å². The van der Waals surface area contributed by atoms with Crippen LogP contribution in [0.3, 0.4) is 0 Å². The summed E-state index contributed by atoms with van der Waals surface area (Å²) in [6.07, 6.45) is 2.84. The van der Waals surface area contributed by atoms with Gasteiger partial charge in [0, 0.05) is 34.9 Å². The van der Waals surface area contributed by atoms with Gasteiger partial charge >= 0.3 is 0 Å². The molecule has 6 nitrogen and oxygen atoms in total. The fraction of sp³-hybridized carbons (Fsp3) is 0. The standard InChI is InChI=1S/C21H18N6/c22-12-16-10-17(26-19-7-8-25-21(24)27-19)11-18(20(16)23)15-6-5-13-3-1-2-4-14(13)9-15/h1-12,22H,23H2,(H3,24,25,26,27). The van der Waals surface area contributed by atoms with Crippen LogP contribution in [0.5, 0.6) is 0 Å². The molecule has 3 aromatic carbocycles. The summed E-state index contributed by atoms with van der Waals surface area (Å²) < 4.78 is 0. The maximum Gasteiger partial charge on any atom is 0.221 e. The molecule has 1 heterocycles. The fourth-order valence-corrected chi connectivity index (χ4v) is 3.05. The van der Waals surface area contributed by atoms with Crippen LogP contribution in [-0.4, -0.2) is 16.2 Å². The number of nitrogens with zero attached hydrogens (tertiary/aromatic N) is 2. The van der Waals surface area contributed by atoms with Crippen molar-refractivity contribution in [2.24, 2.45) is 0 Å². The largest absolute Gasteiger partial charge is 0.398 e. The number of nitrogens with two attached hydrogens (primary N) is 2. The van der Waals surface area contributed by atoms with Gasteiger partial charge in [-0.2, -0.15) is 4.98 Å². The Kier molecular flexibility index (Phi) is 4.14. The van der Waals surface area contributed by atoms with E-state index in [4.69, 9.17) is 16.9 Å². The molecular formula is C21H18N6. The van der Waals surface area contributed by atoms with E-state index in [0.29, 0.717) is 17.1 Å². The van der Waals surface area contributed by atoms with Gasteiger partial charge in [0.05, 0.1) is 0 Å². The van der Waals surface area contributed by atoms with E-state index in [1.54, 1.807) is 12.3 Å². The Labute approximate surface area is 156 Å². The predicted molar refractivity (Wildman–Crippen MR) is 111 cm³/mol. The lowest BCUT2D eigenvalue weighted by Gasteiger charge is -2.14. The first-order valence-corrected chi connectivity index (χ1v) is 8.43. The molecule has 0 aliphatic heterocycles. The lowest BCUT2D eigenvalue weighted by molar-refractivity contribution is 1.18. The van der Waals surface area contributed by atoms with Crippen molar-refractivity contribution in [2.75, 3.05) is 16.8 Å². The van der Waals surface area contributed by atoms with Gasteiger partial charge in [0.15, 0.2) is 0 Å². The third-order valence-electron chi connectivity index (χ3n) is 4.37. The third-order valence-corrected chi connectivity index (χ3v) is 4.37. The first-order valence-electron chi connectivity index (χ1n) is 8.43. The van der Waals surface area contributed by atoms with E-state index in [1.165, 1.54) is 6.21 Å². The van der Waals surface area contributed by atoms with Crippen LogP contribution in [-0.2, 0) is 0 Å². The quantitative estimate of drug-likeness (QED) is 0.324. The molecule has 1 aromatic heterocycles. The smallest absolute Gasteiger partial charge is 0.221 e. The molecule has 0 fully saturated rings. The molecule has 6 heteroatoms. The Morgan fingerprint density at radius 1 is 0.926 bits per heavy atom. The van der Waals surface area contributed by atoms with Gasteiger partial charge in [-0.15, -0.1) is 0 Å². The number of aromatic nitrogens is 2. The summed E-state index contributed by atoms with van der Waals surface area (Å²) >= 11 is 0. The van der Waals surface area contributed by atoms with Gasteiger partial charge in [0.2, 0.25) is 5.95 Å². The van der Waals surface area contributed by atoms with Crippen LogP contribution in [0.1, 0.15) is 5.56 Å². The molecule has 0 saturated heterocycles. The lowest BCUT2D eigenvalue weighted by Crippen LogP contribution is -2.02. The van der Waals surface area contributed by atoms with E-state index in [1.807, 2.05) is 30.3 Å². The monoisotopic (exact) mass is 354 g/mol. The highest BCUT2D eigenvalue weighted by Gasteiger charge is 2.10. The van der Waals surface area contributed by atoms with Crippen LogP contribution in [0.25, 0.3) is 21.9 Å². The van der Waals surface area contributed by atoms with E-state index in [-0.39, 0.29) is 5.95 Å². The van der Waals surface area contributed by atoms with Crippen molar-refractivity contribution in [1.29, 1.82) is 5.41 Å². The van der Waals surface area contributed by atoms with Gasteiger partial charge in [-0.3, -0.25) is 0 Å². The molecule has 0 radical (unpaired) electrons. The van der Waals surface area contributed by atoms with Gasteiger partial charge < -0.3 is 22.2 Å². The Morgan fingerprint density at radius 3 is 2.52 bits per heavy atom. The molecule has 132 valence electrons. The topological polar surface area (TPSA) is 114 Å². The molecule has 0 bridgehead atoms. The average Bonchev–Trinajstić information content (AvgIpc) is 2.69. The molecule has 0 aliphatic carbocycles. The number of hydrogen-bond donors (Lipinski definition) is 4. The van der Waals surface area contributed by atoms with Crippen molar-refractivity contribution in [3.8, 4) is 11.1 Å². The first-order chi connectivity index (χ1) is 13.1. The summed E-state index contributed by atoms with van der Waals surface area (Å²) in [5.41, 5.74) is 15.8. The summed E-state index contributed by atoms with van der Waals surface area (Å²) in [6.45, 7) is 0. The summed E-state index contributed by atoms with van der Waals surface area (Å²) in [4.78, 5) is 8.05. The van der Waals surface area contributed by atoms with E-state index < -0.39 is 0 Å². The number of hydrogen-bond acceptors (Lipinski definition) is 6. The van der Waals surface area contributed by atoms with Crippen LogP contribution >= 0.6 is 0 Å².